The number of ether oxygens (including phenoxy) is 1. The summed E-state index contributed by atoms with van der Waals surface area (Å²) < 4.78 is 7.35. The zero-order valence-electron chi connectivity index (χ0n) is 15.0. The van der Waals surface area contributed by atoms with Gasteiger partial charge in [-0.3, -0.25) is 9.48 Å². The van der Waals surface area contributed by atoms with Gasteiger partial charge < -0.3 is 10.1 Å². The molecule has 1 aromatic heterocycles. The number of hydrogen-bond donors (Lipinski definition) is 1. The number of fused-ring (bicyclic) bond motifs is 1. The van der Waals surface area contributed by atoms with Crippen molar-refractivity contribution >= 4 is 34.0 Å². The zero-order valence-corrected chi connectivity index (χ0v) is 15.8. The Balaban J connectivity index is 1.33. The van der Waals surface area contributed by atoms with Gasteiger partial charge in [-0.25, -0.2) is 0 Å². The Kier molecular flexibility index (Phi) is 5.26. The lowest BCUT2D eigenvalue weighted by Gasteiger charge is -2.07. The molecule has 0 saturated carbocycles. The van der Waals surface area contributed by atoms with Crippen LogP contribution in [0.2, 0.25) is 5.02 Å². The molecular weight excluding hydrogens is 374 g/mol. The van der Waals surface area contributed by atoms with Gasteiger partial charge >= 0.3 is 0 Å². The highest BCUT2D eigenvalue weighted by Gasteiger charge is 2.07. The second kappa shape index (κ2) is 8.15. The summed E-state index contributed by atoms with van der Waals surface area (Å²) in [5.74, 6) is 0.418. The summed E-state index contributed by atoms with van der Waals surface area (Å²) in [5.41, 5.74) is 1.65. The van der Waals surface area contributed by atoms with Crippen molar-refractivity contribution in [1.82, 2.24) is 9.78 Å². The first-order valence-corrected chi connectivity index (χ1v) is 9.22. The number of carbonyl (C=O) groups excluding carboxylic acids is 1. The van der Waals surface area contributed by atoms with Gasteiger partial charge in [0.05, 0.1) is 18.4 Å². The van der Waals surface area contributed by atoms with Crippen LogP contribution in [0.15, 0.2) is 79.1 Å². The summed E-state index contributed by atoms with van der Waals surface area (Å²) in [6.45, 7) is 0.502. The monoisotopic (exact) mass is 391 g/mol. The molecule has 6 heteroatoms. The van der Waals surface area contributed by atoms with E-state index in [4.69, 9.17) is 16.3 Å². The smallest absolute Gasteiger partial charge is 0.262 e. The maximum absolute atomic E-state index is 12.2. The third kappa shape index (κ3) is 4.50. The van der Waals surface area contributed by atoms with Crippen LogP contribution in [0.5, 0.6) is 5.75 Å². The standard InChI is InChI=1S/C22H18ClN3O2/c23-19-7-3-4-16(10-19)13-26-14-20(12-24-26)25-22(27)15-28-21-9-8-17-5-1-2-6-18(17)11-21/h1-12,14H,13,15H2,(H,25,27). The number of aromatic nitrogens is 2. The molecule has 0 spiro atoms. The molecule has 0 radical (unpaired) electrons. The molecule has 4 aromatic rings. The van der Waals surface area contributed by atoms with Crippen molar-refractivity contribution in [2.24, 2.45) is 0 Å². The molecule has 1 amide bonds. The van der Waals surface area contributed by atoms with E-state index in [1.165, 1.54) is 0 Å². The van der Waals surface area contributed by atoms with Crippen LogP contribution in [0.4, 0.5) is 5.69 Å². The highest BCUT2D eigenvalue weighted by Crippen LogP contribution is 2.20. The van der Waals surface area contributed by atoms with Crippen LogP contribution in [0.25, 0.3) is 10.8 Å². The van der Waals surface area contributed by atoms with Crippen molar-refractivity contribution < 1.29 is 9.53 Å². The third-order valence-electron chi connectivity index (χ3n) is 4.24. The third-order valence-corrected chi connectivity index (χ3v) is 4.48. The normalized spacial score (nSPS) is 10.8. The predicted molar refractivity (Wildman–Crippen MR) is 111 cm³/mol. The number of rotatable bonds is 6. The molecule has 0 saturated heterocycles. The number of nitrogens with one attached hydrogen (secondary N) is 1. The van der Waals surface area contributed by atoms with E-state index in [9.17, 15) is 4.79 Å². The molecule has 0 bridgehead atoms. The lowest BCUT2D eigenvalue weighted by atomic mass is 10.1. The van der Waals surface area contributed by atoms with E-state index in [-0.39, 0.29) is 12.5 Å². The van der Waals surface area contributed by atoms with Gasteiger partial charge in [0.15, 0.2) is 6.61 Å². The Labute approximate surface area is 167 Å². The highest BCUT2D eigenvalue weighted by atomic mass is 35.5. The van der Waals surface area contributed by atoms with E-state index < -0.39 is 0 Å². The maximum Gasteiger partial charge on any atom is 0.262 e. The van der Waals surface area contributed by atoms with Gasteiger partial charge in [-0.05, 0) is 40.6 Å². The van der Waals surface area contributed by atoms with Gasteiger partial charge in [0.1, 0.15) is 5.75 Å². The fourth-order valence-corrected chi connectivity index (χ4v) is 3.15. The van der Waals surface area contributed by atoms with E-state index in [0.29, 0.717) is 23.0 Å². The number of halogens is 1. The summed E-state index contributed by atoms with van der Waals surface area (Å²) in [4.78, 5) is 12.2. The molecule has 0 aliphatic rings. The highest BCUT2D eigenvalue weighted by molar-refractivity contribution is 6.30. The topological polar surface area (TPSA) is 56.1 Å². The van der Waals surface area contributed by atoms with Gasteiger partial charge in [0.2, 0.25) is 0 Å². The van der Waals surface area contributed by atoms with Crippen LogP contribution in [-0.2, 0) is 11.3 Å². The first-order chi connectivity index (χ1) is 13.7. The summed E-state index contributed by atoms with van der Waals surface area (Å²) >= 11 is 6.00. The maximum atomic E-state index is 12.2. The first-order valence-electron chi connectivity index (χ1n) is 8.84. The van der Waals surface area contributed by atoms with Crippen LogP contribution in [0.3, 0.4) is 0 Å². The van der Waals surface area contributed by atoms with Gasteiger partial charge in [-0.1, -0.05) is 54.1 Å². The molecule has 4 rings (SSSR count). The number of nitrogens with zero attached hydrogens (tertiary/aromatic N) is 2. The SMILES string of the molecule is O=C(COc1ccc2ccccc2c1)Nc1cnn(Cc2cccc(Cl)c2)c1. The second-order valence-electron chi connectivity index (χ2n) is 6.40. The van der Waals surface area contributed by atoms with Crippen LogP contribution in [0.1, 0.15) is 5.56 Å². The average molecular weight is 392 g/mol. The van der Waals surface area contributed by atoms with Crippen molar-refractivity contribution in [3.05, 3.63) is 89.7 Å². The Bertz CT molecular complexity index is 1120. The summed E-state index contributed by atoms with van der Waals surface area (Å²) in [6.07, 6.45) is 3.38. The minimum Gasteiger partial charge on any atom is -0.484 e. The molecule has 0 aliphatic heterocycles. The number of hydrogen-bond acceptors (Lipinski definition) is 3. The number of anilines is 1. The molecule has 1 N–H and O–H groups in total. The van der Waals surface area contributed by atoms with Crippen LogP contribution >= 0.6 is 11.6 Å². The molecule has 140 valence electrons. The van der Waals surface area contributed by atoms with Gasteiger partial charge in [0, 0.05) is 11.2 Å². The lowest BCUT2D eigenvalue weighted by Crippen LogP contribution is -2.19. The van der Waals surface area contributed by atoms with E-state index in [0.717, 1.165) is 16.3 Å². The Morgan fingerprint density at radius 1 is 1.04 bits per heavy atom. The van der Waals surface area contributed by atoms with Crippen LogP contribution < -0.4 is 10.1 Å². The fraction of sp³-hybridized carbons (Fsp3) is 0.0909. The van der Waals surface area contributed by atoms with Crippen LogP contribution in [0, 0.1) is 0 Å². The van der Waals surface area contributed by atoms with E-state index in [1.54, 1.807) is 17.1 Å². The second-order valence-corrected chi connectivity index (χ2v) is 6.84. The molecule has 28 heavy (non-hydrogen) atoms. The summed E-state index contributed by atoms with van der Waals surface area (Å²) in [6, 6.07) is 21.4. The van der Waals surface area contributed by atoms with E-state index in [1.807, 2.05) is 66.7 Å². The summed E-state index contributed by atoms with van der Waals surface area (Å²) in [5, 5.41) is 9.95. The van der Waals surface area contributed by atoms with Crippen molar-refractivity contribution in [1.29, 1.82) is 0 Å². The average Bonchev–Trinajstić information content (AvgIpc) is 3.13. The predicted octanol–water partition coefficient (Wildman–Crippen LogP) is 4.76. The van der Waals surface area contributed by atoms with E-state index >= 15 is 0 Å². The van der Waals surface area contributed by atoms with Gasteiger partial charge in [-0.15, -0.1) is 0 Å². The number of amides is 1. The molecule has 1 heterocycles. The molecule has 0 unspecified atom stereocenters. The quantitative estimate of drug-likeness (QED) is 0.515. The van der Waals surface area contributed by atoms with E-state index in [2.05, 4.69) is 10.4 Å². The van der Waals surface area contributed by atoms with Crippen molar-refractivity contribution in [2.75, 3.05) is 11.9 Å². The van der Waals surface area contributed by atoms with Crippen LogP contribution in [-0.4, -0.2) is 22.3 Å². The largest absolute Gasteiger partial charge is 0.484 e. The molecular formula is C22H18ClN3O2. The van der Waals surface area contributed by atoms with Crippen molar-refractivity contribution in [3.63, 3.8) is 0 Å². The van der Waals surface area contributed by atoms with Gasteiger partial charge in [0.25, 0.3) is 5.91 Å². The Morgan fingerprint density at radius 3 is 2.75 bits per heavy atom. The molecule has 0 aliphatic carbocycles. The number of benzene rings is 3. The summed E-state index contributed by atoms with van der Waals surface area (Å²) in [7, 11) is 0. The lowest BCUT2D eigenvalue weighted by molar-refractivity contribution is -0.118. The number of carbonyl (C=O) groups is 1. The molecule has 5 nitrogen and oxygen atoms in total. The first kappa shape index (κ1) is 18.1. The van der Waals surface area contributed by atoms with Gasteiger partial charge in [-0.2, -0.15) is 5.10 Å². The minimum absolute atomic E-state index is 0.0716. The fourth-order valence-electron chi connectivity index (χ4n) is 2.94. The Hall–Kier alpha value is -3.31. The minimum atomic E-state index is -0.240. The Morgan fingerprint density at radius 2 is 1.89 bits per heavy atom. The zero-order chi connectivity index (χ0) is 19.3. The molecule has 3 aromatic carbocycles. The van der Waals surface area contributed by atoms with Crippen molar-refractivity contribution in [3.8, 4) is 5.75 Å². The van der Waals surface area contributed by atoms with Crippen molar-refractivity contribution in [2.45, 2.75) is 6.54 Å². The molecule has 0 fully saturated rings. The molecule has 0 atom stereocenters.